The number of nitrogens with one attached hydrogen (secondary N) is 1. The number of hydrogen-bond donors (Lipinski definition) is 2. The molecular formula is C25H34N4O5. The first-order valence-electron chi connectivity index (χ1n) is 12.3. The number of fused-ring (bicyclic) bond motifs is 2. The SMILES string of the molecule is Cc1c(OCCCCCC(=O)N(CC(=O)O)C2CCCCC2)ccc2c1CN1CC(=O)NC1=N2. The lowest BCUT2D eigenvalue weighted by Gasteiger charge is -2.33. The van der Waals surface area contributed by atoms with Crippen molar-refractivity contribution in [3.63, 3.8) is 0 Å². The molecule has 0 spiro atoms. The molecule has 9 nitrogen and oxygen atoms in total. The quantitative estimate of drug-likeness (QED) is 0.508. The Hall–Kier alpha value is -3.10. The molecule has 2 aliphatic heterocycles. The molecule has 0 atom stereocenters. The van der Waals surface area contributed by atoms with E-state index in [1.807, 2.05) is 24.0 Å². The Morgan fingerprint density at radius 3 is 2.74 bits per heavy atom. The van der Waals surface area contributed by atoms with Gasteiger partial charge in [0.2, 0.25) is 17.8 Å². The maximum absolute atomic E-state index is 12.7. The standard InChI is InChI=1S/C25H34N4O5/c1-17-19-14-28-15-22(30)27-25(28)26-20(19)11-12-21(17)34-13-7-3-6-10-23(31)29(16-24(32)33)18-8-4-2-5-9-18/h11-12,18H,2-10,13-16H2,1H3,(H,32,33)(H,26,27,30). The number of carboxylic acids is 1. The molecule has 184 valence electrons. The Balaban J connectivity index is 1.21. The molecule has 9 heteroatoms. The molecule has 1 saturated carbocycles. The second-order valence-electron chi connectivity index (χ2n) is 9.39. The van der Waals surface area contributed by atoms with E-state index in [2.05, 4.69) is 10.3 Å². The van der Waals surface area contributed by atoms with Crippen molar-refractivity contribution in [2.45, 2.75) is 77.3 Å². The van der Waals surface area contributed by atoms with E-state index in [0.29, 0.717) is 32.1 Å². The van der Waals surface area contributed by atoms with Crippen molar-refractivity contribution >= 4 is 29.4 Å². The van der Waals surface area contributed by atoms with E-state index in [4.69, 9.17) is 4.74 Å². The second kappa shape index (κ2) is 10.9. The van der Waals surface area contributed by atoms with Crippen LogP contribution >= 0.6 is 0 Å². The van der Waals surface area contributed by atoms with Gasteiger partial charge in [0, 0.05) is 24.6 Å². The van der Waals surface area contributed by atoms with E-state index in [9.17, 15) is 19.5 Å². The van der Waals surface area contributed by atoms with Crippen LogP contribution in [0.25, 0.3) is 0 Å². The predicted octanol–water partition coefficient (Wildman–Crippen LogP) is 3.11. The third-order valence-corrected chi connectivity index (χ3v) is 6.92. The fourth-order valence-corrected chi connectivity index (χ4v) is 5.05. The normalized spacial score (nSPS) is 17.5. The van der Waals surface area contributed by atoms with Gasteiger partial charge in [0.1, 0.15) is 18.8 Å². The number of benzene rings is 1. The average molecular weight is 471 g/mol. The molecule has 0 bridgehead atoms. The highest BCUT2D eigenvalue weighted by atomic mass is 16.5. The lowest BCUT2D eigenvalue weighted by Crippen LogP contribution is -2.44. The van der Waals surface area contributed by atoms with Crippen LogP contribution in [0.1, 0.15) is 68.9 Å². The van der Waals surface area contributed by atoms with E-state index in [-0.39, 0.29) is 24.4 Å². The number of carbonyl (C=O) groups excluding carboxylic acids is 2. The number of ether oxygens (including phenoxy) is 1. The number of amides is 2. The zero-order valence-electron chi connectivity index (χ0n) is 19.8. The first-order valence-corrected chi connectivity index (χ1v) is 12.3. The minimum Gasteiger partial charge on any atom is -0.493 e. The lowest BCUT2D eigenvalue weighted by atomic mass is 9.94. The van der Waals surface area contributed by atoms with E-state index in [1.54, 1.807) is 4.90 Å². The number of guanidine groups is 1. The summed E-state index contributed by atoms with van der Waals surface area (Å²) in [7, 11) is 0. The van der Waals surface area contributed by atoms with Crippen LogP contribution < -0.4 is 10.1 Å². The number of aliphatic carboxylic acids is 1. The maximum atomic E-state index is 12.7. The number of nitrogens with zero attached hydrogens (tertiary/aromatic N) is 3. The van der Waals surface area contributed by atoms with Gasteiger partial charge in [0.25, 0.3) is 0 Å². The number of carbonyl (C=O) groups is 3. The van der Waals surface area contributed by atoms with Gasteiger partial charge in [-0.15, -0.1) is 0 Å². The molecule has 3 aliphatic rings. The number of hydrogen-bond acceptors (Lipinski definition) is 6. The van der Waals surface area contributed by atoms with Crippen LogP contribution in [0.5, 0.6) is 5.75 Å². The Morgan fingerprint density at radius 2 is 1.97 bits per heavy atom. The predicted molar refractivity (Wildman–Crippen MR) is 127 cm³/mol. The lowest BCUT2D eigenvalue weighted by molar-refractivity contribution is -0.146. The monoisotopic (exact) mass is 470 g/mol. The molecule has 0 aromatic heterocycles. The second-order valence-corrected chi connectivity index (χ2v) is 9.39. The van der Waals surface area contributed by atoms with Crippen molar-refractivity contribution in [1.82, 2.24) is 15.1 Å². The van der Waals surface area contributed by atoms with Crippen molar-refractivity contribution in [1.29, 1.82) is 0 Å². The minimum atomic E-state index is -0.942. The first kappa shape index (κ1) is 24.0. The molecule has 1 aromatic carbocycles. The molecule has 2 fully saturated rings. The van der Waals surface area contributed by atoms with E-state index in [0.717, 1.165) is 67.5 Å². The van der Waals surface area contributed by atoms with Gasteiger partial charge in [-0.1, -0.05) is 19.3 Å². The zero-order chi connectivity index (χ0) is 24.1. The number of carboxylic acid groups (broad SMARTS) is 1. The van der Waals surface area contributed by atoms with Gasteiger partial charge in [-0.3, -0.25) is 19.7 Å². The van der Waals surface area contributed by atoms with Crippen molar-refractivity contribution in [2.75, 3.05) is 19.7 Å². The summed E-state index contributed by atoms with van der Waals surface area (Å²) in [5.41, 5.74) is 2.97. The summed E-state index contributed by atoms with van der Waals surface area (Å²) in [6.07, 6.45) is 7.87. The Bertz CT molecular complexity index is 970. The average Bonchev–Trinajstić information content (AvgIpc) is 3.19. The van der Waals surface area contributed by atoms with Gasteiger partial charge in [0.15, 0.2) is 0 Å². The van der Waals surface area contributed by atoms with Gasteiger partial charge in [-0.25, -0.2) is 4.99 Å². The van der Waals surface area contributed by atoms with Crippen LogP contribution in [0, 0.1) is 6.92 Å². The summed E-state index contributed by atoms with van der Waals surface area (Å²) in [5.74, 6) is 0.407. The van der Waals surface area contributed by atoms with Gasteiger partial charge in [-0.05, 0) is 56.7 Å². The number of rotatable bonds is 10. The van der Waals surface area contributed by atoms with Crippen LogP contribution in [-0.2, 0) is 20.9 Å². The van der Waals surface area contributed by atoms with Gasteiger partial charge in [0.05, 0.1) is 12.3 Å². The zero-order valence-corrected chi connectivity index (χ0v) is 19.8. The van der Waals surface area contributed by atoms with Crippen LogP contribution in [0.3, 0.4) is 0 Å². The molecule has 2 amide bonds. The molecule has 2 N–H and O–H groups in total. The summed E-state index contributed by atoms with van der Waals surface area (Å²) in [5, 5.41) is 12.0. The highest BCUT2D eigenvalue weighted by Crippen LogP contribution is 2.34. The fourth-order valence-electron chi connectivity index (χ4n) is 5.05. The molecule has 34 heavy (non-hydrogen) atoms. The Morgan fingerprint density at radius 1 is 1.18 bits per heavy atom. The number of aliphatic imine (C=N–C) groups is 1. The third kappa shape index (κ3) is 5.69. The van der Waals surface area contributed by atoms with Crippen molar-refractivity contribution in [3.05, 3.63) is 23.3 Å². The molecule has 0 unspecified atom stereocenters. The molecule has 2 heterocycles. The topological polar surface area (TPSA) is 112 Å². The van der Waals surface area contributed by atoms with Crippen molar-refractivity contribution in [3.8, 4) is 5.75 Å². The summed E-state index contributed by atoms with van der Waals surface area (Å²) in [4.78, 5) is 43.7. The van der Waals surface area contributed by atoms with Crippen LogP contribution in [0.15, 0.2) is 17.1 Å². The van der Waals surface area contributed by atoms with Crippen molar-refractivity contribution < 1.29 is 24.2 Å². The van der Waals surface area contributed by atoms with Crippen LogP contribution in [-0.4, -0.2) is 64.4 Å². The van der Waals surface area contributed by atoms with Crippen molar-refractivity contribution in [2.24, 2.45) is 4.99 Å². The minimum absolute atomic E-state index is 0.0380. The summed E-state index contributed by atoms with van der Waals surface area (Å²) in [6.45, 7) is 3.32. The maximum Gasteiger partial charge on any atom is 0.323 e. The van der Waals surface area contributed by atoms with Gasteiger partial charge >= 0.3 is 5.97 Å². The third-order valence-electron chi connectivity index (χ3n) is 6.92. The van der Waals surface area contributed by atoms with E-state index in [1.165, 1.54) is 6.42 Å². The smallest absolute Gasteiger partial charge is 0.323 e. The highest BCUT2D eigenvalue weighted by Gasteiger charge is 2.30. The largest absolute Gasteiger partial charge is 0.493 e. The molecule has 1 aliphatic carbocycles. The molecular weight excluding hydrogens is 436 g/mol. The number of unbranched alkanes of at least 4 members (excludes halogenated alkanes) is 2. The van der Waals surface area contributed by atoms with Crippen LogP contribution in [0.4, 0.5) is 5.69 Å². The molecule has 1 saturated heterocycles. The van der Waals surface area contributed by atoms with Gasteiger partial charge < -0.3 is 19.6 Å². The molecule has 0 radical (unpaired) electrons. The summed E-state index contributed by atoms with van der Waals surface area (Å²) < 4.78 is 6.02. The van der Waals surface area contributed by atoms with E-state index < -0.39 is 5.97 Å². The summed E-state index contributed by atoms with van der Waals surface area (Å²) >= 11 is 0. The highest BCUT2D eigenvalue weighted by molar-refractivity contribution is 6.05. The van der Waals surface area contributed by atoms with Crippen LogP contribution in [0.2, 0.25) is 0 Å². The first-order chi connectivity index (χ1) is 16.4. The molecule has 4 rings (SSSR count). The fraction of sp³-hybridized carbons (Fsp3) is 0.600. The Labute approximate surface area is 200 Å². The van der Waals surface area contributed by atoms with E-state index >= 15 is 0 Å². The molecule has 1 aromatic rings. The summed E-state index contributed by atoms with van der Waals surface area (Å²) in [6, 6.07) is 3.91. The van der Waals surface area contributed by atoms with Gasteiger partial charge in [-0.2, -0.15) is 0 Å². The Kier molecular flexibility index (Phi) is 7.70.